The summed E-state index contributed by atoms with van der Waals surface area (Å²) in [6.45, 7) is 0. The number of hydrazine groups is 1. The molecular weight excluding hydrogens is 263 g/mol. The van der Waals surface area contributed by atoms with Crippen molar-refractivity contribution >= 4 is 29.3 Å². The maximum atomic E-state index is 10.8. The van der Waals surface area contributed by atoms with Crippen LogP contribution in [0.4, 0.5) is 4.79 Å². The second-order valence-corrected chi connectivity index (χ2v) is 4.40. The Balaban J connectivity index is 2.31. The number of rotatable bonds is 2. The van der Waals surface area contributed by atoms with Crippen molar-refractivity contribution in [3.63, 3.8) is 0 Å². The number of carbonyl (C=O) groups is 1. The number of nitrogens with one attached hydrogen (secondary N) is 1. The predicted molar refractivity (Wildman–Crippen MR) is 66.0 cm³/mol. The van der Waals surface area contributed by atoms with E-state index in [1.165, 1.54) is 6.20 Å². The third-order valence-corrected chi connectivity index (χ3v) is 3.28. The van der Waals surface area contributed by atoms with Crippen LogP contribution in [0.3, 0.4) is 0 Å². The molecule has 6 heteroatoms. The minimum absolute atomic E-state index is 0.217. The summed E-state index contributed by atoms with van der Waals surface area (Å²) in [4.78, 5) is 10.8. The fourth-order valence-corrected chi connectivity index (χ4v) is 2.09. The lowest BCUT2D eigenvalue weighted by atomic mass is 9.93. The SMILES string of the molecule is O=C(O)N1C=CC(CCl)(c2ccc(Cl)cc2)N1. The Bertz CT molecular complexity index is 461. The summed E-state index contributed by atoms with van der Waals surface area (Å²) in [6.07, 6.45) is 2.08. The average molecular weight is 273 g/mol. The van der Waals surface area contributed by atoms with Crippen LogP contribution < -0.4 is 5.43 Å². The molecule has 0 bridgehead atoms. The van der Waals surface area contributed by atoms with Crippen LogP contribution >= 0.6 is 23.2 Å². The lowest BCUT2D eigenvalue weighted by Crippen LogP contribution is -2.47. The third kappa shape index (κ3) is 2.24. The van der Waals surface area contributed by atoms with Gasteiger partial charge in [0, 0.05) is 11.2 Å². The molecule has 0 aromatic heterocycles. The van der Waals surface area contributed by atoms with E-state index in [0.29, 0.717) is 5.02 Å². The molecule has 1 aliphatic heterocycles. The molecule has 1 aromatic carbocycles. The number of benzene rings is 1. The predicted octanol–water partition coefficient (Wildman–Crippen LogP) is 2.79. The van der Waals surface area contributed by atoms with Gasteiger partial charge in [0.15, 0.2) is 0 Å². The first-order valence-corrected chi connectivity index (χ1v) is 5.80. The normalized spacial score (nSPS) is 23.1. The fourth-order valence-electron chi connectivity index (χ4n) is 1.66. The van der Waals surface area contributed by atoms with E-state index < -0.39 is 11.6 Å². The summed E-state index contributed by atoms with van der Waals surface area (Å²) in [6, 6.07) is 7.11. The van der Waals surface area contributed by atoms with Crippen molar-refractivity contribution in [3.8, 4) is 0 Å². The van der Waals surface area contributed by atoms with Gasteiger partial charge < -0.3 is 5.11 Å². The molecule has 2 rings (SSSR count). The zero-order valence-electron chi connectivity index (χ0n) is 8.73. The molecule has 17 heavy (non-hydrogen) atoms. The first-order valence-electron chi connectivity index (χ1n) is 4.89. The van der Waals surface area contributed by atoms with Crippen LogP contribution in [0.15, 0.2) is 36.5 Å². The molecule has 0 radical (unpaired) electrons. The van der Waals surface area contributed by atoms with Crippen LogP contribution in [-0.4, -0.2) is 22.1 Å². The number of hydrogen-bond acceptors (Lipinski definition) is 2. The highest BCUT2D eigenvalue weighted by Crippen LogP contribution is 2.30. The van der Waals surface area contributed by atoms with Gasteiger partial charge in [-0.3, -0.25) is 0 Å². The lowest BCUT2D eigenvalue weighted by Gasteiger charge is -2.28. The zero-order valence-corrected chi connectivity index (χ0v) is 10.2. The van der Waals surface area contributed by atoms with Crippen LogP contribution in [0.25, 0.3) is 0 Å². The van der Waals surface area contributed by atoms with Crippen molar-refractivity contribution in [2.24, 2.45) is 0 Å². The Morgan fingerprint density at radius 3 is 2.53 bits per heavy atom. The molecule has 0 aliphatic carbocycles. The molecule has 2 N–H and O–H groups in total. The van der Waals surface area contributed by atoms with Crippen LogP contribution in [0.1, 0.15) is 5.56 Å². The maximum absolute atomic E-state index is 10.8. The number of carboxylic acid groups (broad SMARTS) is 1. The van der Waals surface area contributed by atoms with Crippen molar-refractivity contribution in [2.45, 2.75) is 5.54 Å². The largest absolute Gasteiger partial charge is 0.464 e. The van der Waals surface area contributed by atoms with Gasteiger partial charge >= 0.3 is 6.09 Å². The maximum Gasteiger partial charge on any atom is 0.426 e. The second-order valence-electron chi connectivity index (χ2n) is 3.69. The minimum atomic E-state index is -1.08. The van der Waals surface area contributed by atoms with Crippen molar-refractivity contribution in [3.05, 3.63) is 47.1 Å². The summed E-state index contributed by atoms with van der Waals surface area (Å²) in [5, 5.41) is 10.5. The quantitative estimate of drug-likeness (QED) is 0.815. The standard InChI is InChI=1S/C11H10Cl2N2O2/c12-7-11(5-6-15(14-11)10(16)17)8-1-3-9(13)4-2-8/h1-6,14H,7H2,(H,16,17). The van der Waals surface area contributed by atoms with E-state index in [9.17, 15) is 4.79 Å². The Hall–Kier alpha value is -1.23. The van der Waals surface area contributed by atoms with Gasteiger partial charge in [-0.15, -0.1) is 11.6 Å². The Labute approximate surface area is 108 Å². The van der Waals surface area contributed by atoms with Gasteiger partial charge in [0.05, 0.1) is 11.4 Å². The summed E-state index contributed by atoms with van der Waals surface area (Å²) in [5.74, 6) is 0.217. The van der Waals surface area contributed by atoms with E-state index in [4.69, 9.17) is 28.3 Å². The third-order valence-electron chi connectivity index (χ3n) is 2.60. The van der Waals surface area contributed by atoms with Gasteiger partial charge in [-0.25, -0.2) is 15.2 Å². The first kappa shape index (κ1) is 12.2. The molecule has 0 saturated heterocycles. The molecule has 1 atom stereocenters. The summed E-state index contributed by atoms with van der Waals surface area (Å²) in [7, 11) is 0. The first-order chi connectivity index (χ1) is 8.07. The Kier molecular flexibility index (Phi) is 3.28. The highest BCUT2D eigenvalue weighted by Gasteiger charge is 2.36. The van der Waals surface area contributed by atoms with Crippen LogP contribution in [0.2, 0.25) is 5.02 Å². The topological polar surface area (TPSA) is 52.6 Å². The van der Waals surface area contributed by atoms with Crippen molar-refractivity contribution in [1.82, 2.24) is 10.4 Å². The fraction of sp³-hybridized carbons (Fsp3) is 0.182. The summed E-state index contributed by atoms with van der Waals surface area (Å²) in [5.41, 5.74) is 2.99. The van der Waals surface area contributed by atoms with E-state index in [2.05, 4.69) is 5.43 Å². The van der Waals surface area contributed by atoms with Crippen molar-refractivity contribution in [1.29, 1.82) is 0 Å². The molecule has 0 saturated carbocycles. The van der Waals surface area contributed by atoms with E-state index in [0.717, 1.165) is 10.6 Å². The van der Waals surface area contributed by atoms with Gasteiger partial charge in [-0.1, -0.05) is 23.7 Å². The average Bonchev–Trinajstić information content (AvgIpc) is 2.76. The van der Waals surface area contributed by atoms with E-state index >= 15 is 0 Å². The summed E-state index contributed by atoms with van der Waals surface area (Å²) >= 11 is 11.8. The number of halogens is 2. The number of hydrogen-bond donors (Lipinski definition) is 2. The Morgan fingerprint density at radius 1 is 1.41 bits per heavy atom. The Morgan fingerprint density at radius 2 is 2.06 bits per heavy atom. The zero-order chi connectivity index (χ0) is 12.5. The van der Waals surface area contributed by atoms with Crippen LogP contribution in [0.5, 0.6) is 0 Å². The molecule has 1 unspecified atom stereocenters. The number of nitrogens with zero attached hydrogens (tertiary/aromatic N) is 1. The number of amides is 1. The molecule has 1 aliphatic rings. The second kappa shape index (κ2) is 4.56. The molecule has 90 valence electrons. The van der Waals surface area contributed by atoms with Crippen LogP contribution in [-0.2, 0) is 5.54 Å². The lowest BCUT2D eigenvalue weighted by molar-refractivity contribution is 0.138. The highest BCUT2D eigenvalue weighted by molar-refractivity contribution is 6.30. The van der Waals surface area contributed by atoms with Gasteiger partial charge in [0.25, 0.3) is 0 Å². The monoisotopic (exact) mass is 272 g/mol. The molecule has 0 spiro atoms. The molecule has 1 amide bonds. The molecular formula is C11H10Cl2N2O2. The van der Waals surface area contributed by atoms with Gasteiger partial charge in [0.1, 0.15) is 0 Å². The summed E-state index contributed by atoms with van der Waals surface area (Å²) < 4.78 is 0. The van der Waals surface area contributed by atoms with Crippen molar-refractivity contribution < 1.29 is 9.90 Å². The molecule has 1 aromatic rings. The smallest absolute Gasteiger partial charge is 0.426 e. The highest BCUT2D eigenvalue weighted by atomic mass is 35.5. The molecule has 0 fully saturated rings. The van der Waals surface area contributed by atoms with E-state index in [-0.39, 0.29) is 5.88 Å². The van der Waals surface area contributed by atoms with Crippen molar-refractivity contribution in [2.75, 3.05) is 5.88 Å². The minimum Gasteiger partial charge on any atom is -0.464 e. The van der Waals surface area contributed by atoms with Gasteiger partial charge in [-0.05, 0) is 23.8 Å². The molecule has 1 heterocycles. The van der Waals surface area contributed by atoms with E-state index in [1.54, 1.807) is 18.2 Å². The van der Waals surface area contributed by atoms with Crippen LogP contribution in [0, 0.1) is 0 Å². The van der Waals surface area contributed by atoms with Gasteiger partial charge in [0.2, 0.25) is 0 Å². The molecule has 4 nitrogen and oxygen atoms in total. The van der Waals surface area contributed by atoms with E-state index in [1.807, 2.05) is 12.1 Å². The number of alkyl halides is 1. The van der Waals surface area contributed by atoms with Gasteiger partial charge in [-0.2, -0.15) is 0 Å².